The average molecular weight is 267 g/mol. The third-order valence-electron chi connectivity index (χ3n) is 2.61. The van der Waals surface area contributed by atoms with Crippen molar-refractivity contribution in [1.82, 2.24) is 9.97 Å². The second-order valence-electron chi connectivity index (χ2n) is 3.93. The van der Waals surface area contributed by atoms with Gasteiger partial charge in [-0.05, 0) is 24.1 Å². The van der Waals surface area contributed by atoms with Crippen LogP contribution in [0.25, 0.3) is 0 Å². The van der Waals surface area contributed by atoms with E-state index in [0.29, 0.717) is 12.4 Å². The summed E-state index contributed by atoms with van der Waals surface area (Å²) in [5.41, 5.74) is -0.309. The van der Waals surface area contributed by atoms with Crippen molar-refractivity contribution in [2.75, 3.05) is 11.9 Å². The molecule has 0 bridgehead atoms. The standard InChI is InChI=1S/C13H12F3N3/c14-13(15,16)11-4-2-1-3-10(11)5-8-18-12-6-7-17-9-19-12/h1-4,6-7,9H,5,8H2,(H,17,18,19). The maximum atomic E-state index is 12.8. The number of hydrogen-bond acceptors (Lipinski definition) is 3. The average Bonchev–Trinajstić information content (AvgIpc) is 2.39. The molecule has 1 N–H and O–H groups in total. The molecule has 2 aromatic rings. The Bertz CT molecular complexity index is 526. The molecule has 0 atom stereocenters. The zero-order chi connectivity index (χ0) is 13.7. The quantitative estimate of drug-likeness (QED) is 0.924. The van der Waals surface area contributed by atoms with Crippen LogP contribution in [0.5, 0.6) is 0 Å². The highest BCUT2D eigenvalue weighted by molar-refractivity contribution is 5.34. The first-order chi connectivity index (χ1) is 9.07. The van der Waals surface area contributed by atoms with Crippen molar-refractivity contribution >= 4 is 5.82 Å². The third kappa shape index (κ3) is 3.67. The maximum absolute atomic E-state index is 12.8. The number of hydrogen-bond donors (Lipinski definition) is 1. The molecule has 0 fully saturated rings. The molecule has 0 aliphatic rings. The fourth-order valence-corrected chi connectivity index (χ4v) is 1.74. The van der Waals surface area contributed by atoms with E-state index in [9.17, 15) is 13.2 Å². The van der Waals surface area contributed by atoms with Crippen LogP contribution in [-0.2, 0) is 12.6 Å². The molecule has 0 aliphatic carbocycles. The van der Waals surface area contributed by atoms with Crippen LogP contribution in [0.4, 0.5) is 19.0 Å². The fourth-order valence-electron chi connectivity index (χ4n) is 1.74. The van der Waals surface area contributed by atoms with E-state index in [-0.39, 0.29) is 12.0 Å². The van der Waals surface area contributed by atoms with Crippen LogP contribution in [0.3, 0.4) is 0 Å². The second-order valence-corrected chi connectivity index (χ2v) is 3.93. The summed E-state index contributed by atoms with van der Waals surface area (Å²) in [6.45, 7) is 0.379. The second kappa shape index (κ2) is 5.69. The van der Waals surface area contributed by atoms with Gasteiger partial charge in [-0.25, -0.2) is 9.97 Å². The molecule has 3 nitrogen and oxygen atoms in total. The van der Waals surface area contributed by atoms with E-state index in [1.54, 1.807) is 18.3 Å². The van der Waals surface area contributed by atoms with Gasteiger partial charge in [0.15, 0.2) is 0 Å². The molecule has 0 unspecified atom stereocenters. The van der Waals surface area contributed by atoms with Crippen molar-refractivity contribution in [3.8, 4) is 0 Å². The Morgan fingerprint density at radius 1 is 1.11 bits per heavy atom. The third-order valence-corrected chi connectivity index (χ3v) is 2.61. The molecule has 1 aromatic heterocycles. The summed E-state index contributed by atoms with van der Waals surface area (Å²) in [7, 11) is 0. The highest BCUT2D eigenvalue weighted by atomic mass is 19.4. The zero-order valence-electron chi connectivity index (χ0n) is 9.98. The summed E-state index contributed by atoms with van der Waals surface area (Å²) < 4.78 is 38.3. The largest absolute Gasteiger partial charge is 0.416 e. The normalized spacial score (nSPS) is 11.3. The van der Waals surface area contributed by atoms with E-state index in [4.69, 9.17) is 0 Å². The van der Waals surface area contributed by atoms with Gasteiger partial charge in [0.2, 0.25) is 0 Å². The van der Waals surface area contributed by atoms with E-state index in [0.717, 1.165) is 6.07 Å². The molecule has 0 amide bonds. The van der Waals surface area contributed by atoms with E-state index in [1.807, 2.05) is 0 Å². The van der Waals surface area contributed by atoms with Crippen LogP contribution in [0.2, 0.25) is 0 Å². The van der Waals surface area contributed by atoms with Crippen LogP contribution >= 0.6 is 0 Å². The Morgan fingerprint density at radius 3 is 2.58 bits per heavy atom. The number of rotatable bonds is 4. The summed E-state index contributed by atoms with van der Waals surface area (Å²) in [5.74, 6) is 0.597. The lowest BCUT2D eigenvalue weighted by atomic mass is 10.0. The molecule has 1 heterocycles. The van der Waals surface area contributed by atoms with Gasteiger partial charge in [0.05, 0.1) is 5.56 Å². The smallest absolute Gasteiger partial charge is 0.370 e. The summed E-state index contributed by atoms with van der Waals surface area (Å²) in [4.78, 5) is 7.69. The Morgan fingerprint density at radius 2 is 1.89 bits per heavy atom. The maximum Gasteiger partial charge on any atom is 0.416 e. The molecule has 1 aromatic carbocycles. The zero-order valence-corrected chi connectivity index (χ0v) is 9.98. The van der Waals surface area contributed by atoms with Crippen LogP contribution in [0, 0.1) is 0 Å². The molecule has 0 aliphatic heterocycles. The van der Waals surface area contributed by atoms with Gasteiger partial charge < -0.3 is 5.32 Å². The van der Waals surface area contributed by atoms with Gasteiger partial charge in [-0.1, -0.05) is 18.2 Å². The molecule has 0 saturated heterocycles. The summed E-state index contributed by atoms with van der Waals surface area (Å²) in [6.07, 6.45) is -1.09. The Balaban J connectivity index is 2.00. The molecule has 0 spiro atoms. The first-order valence-corrected chi connectivity index (χ1v) is 5.72. The molecule has 6 heteroatoms. The van der Waals surface area contributed by atoms with E-state index in [1.165, 1.54) is 18.5 Å². The van der Waals surface area contributed by atoms with Crippen molar-refractivity contribution < 1.29 is 13.2 Å². The fraction of sp³-hybridized carbons (Fsp3) is 0.231. The number of alkyl halides is 3. The van der Waals surface area contributed by atoms with Gasteiger partial charge in [0, 0.05) is 12.7 Å². The minimum absolute atomic E-state index is 0.275. The van der Waals surface area contributed by atoms with Crippen LogP contribution < -0.4 is 5.32 Å². The van der Waals surface area contributed by atoms with Gasteiger partial charge in [-0.2, -0.15) is 13.2 Å². The van der Waals surface area contributed by atoms with E-state index >= 15 is 0 Å². The molecule has 2 rings (SSSR count). The van der Waals surface area contributed by atoms with Crippen LogP contribution in [-0.4, -0.2) is 16.5 Å². The monoisotopic (exact) mass is 267 g/mol. The first kappa shape index (κ1) is 13.3. The number of aromatic nitrogens is 2. The Labute approximate surface area is 108 Å². The molecule has 0 radical (unpaired) electrons. The molecular formula is C13H12F3N3. The molecule has 0 saturated carbocycles. The highest BCUT2D eigenvalue weighted by Crippen LogP contribution is 2.31. The Kier molecular flexibility index (Phi) is 3.99. The summed E-state index contributed by atoms with van der Waals surface area (Å²) in [5, 5.41) is 2.95. The van der Waals surface area contributed by atoms with Crippen molar-refractivity contribution in [3.05, 3.63) is 54.0 Å². The van der Waals surface area contributed by atoms with Crippen molar-refractivity contribution in [1.29, 1.82) is 0 Å². The molecule has 19 heavy (non-hydrogen) atoms. The number of benzene rings is 1. The number of nitrogens with one attached hydrogen (secondary N) is 1. The van der Waals surface area contributed by atoms with Gasteiger partial charge in [-0.3, -0.25) is 0 Å². The number of nitrogens with zero attached hydrogens (tertiary/aromatic N) is 2. The van der Waals surface area contributed by atoms with Gasteiger partial charge in [0.25, 0.3) is 0 Å². The predicted molar refractivity (Wildman–Crippen MR) is 65.7 cm³/mol. The highest BCUT2D eigenvalue weighted by Gasteiger charge is 2.32. The lowest BCUT2D eigenvalue weighted by Gasteiger charge is -2.12. The molecule has 100 valence electrons. The summed E-state index contributed by atoms with van der Waals surface area (Å²) in [6, 6.07) is 7.25. The topological polar surface area (TPSA) is 37.8 Å². The minimum Gasteiger partial charge on any atom is -0.370 e. The lowest BCUT2D eigenvalue weighted by molar-refractivity contribution is -0.138. The van der Waals surface area contributed by atoms with Crippen LogP contribution in [0.1, 0.15) is 11.1 Å². The van der Waals surface area contributed by atoms with Gasteiger partial charge in [-0.15, -0.1) is 0 Å². The van der Waals surface area contributed by atoms with Crippen molar-refractivity contribution in [3.63, 3.8) is 0 Å². The van der Waals surface area contributed by atoms with E-state index < -0.39 is 11.7 Å². The summed E-state index contributed by atoms with van der Waals surface area (Å²) >= 11 is 0. The van der Waals surface area contributed by atoms with E-state index in [2.05, 4.69) is 15.3 Å². The SMILES string of the molecule is FC(F)(F)c1ccccc1CCNc1ccncn1. The number of halogens is 3. The Hall–Kier alpha value is -2.11. The first-order valence-electron chi connectivity index (χ1n) is 5.72. The molecular weight excluding hydrogens is 255 g/mol. The van der Waals surface area contributed by atoms with Crippen molar-refractivity contribution in [2.24, 2.45) is 0 Å². The van der Waals surface area contributed by atoms with Gasteiger partial charge in [0.1, 0.15) is 12.1 Å². The van der Waals surface area contributed by atoms with Crippen LogP contribution in [0.15, 0.2) is 42.9 Å². The van der Waals surface area contributed by atoms with Gasteiger partial charge >= 0.3 is 6.18 Å². The minimum atomic E-state index is -4.31. The number of anilines is 1. The van der Waals surface area contributed by atoms with Crippen molar-refractivity contribution in [2.45, 2.75) is 12.6 Å². The predicted octanol–water partition coefficient (Wildman–Crippen LogP) is 3.15. The lowest BCUT2D eigenvalue weighted by Crippen LogP contribution is -2.12.